The Labute approximate surface area is 185 Å². The van der Waals surface area contributed by atoms with Gasteiger partial charge in [-0.1, -0.05) is 100 Å². The molecule has 0 aliphatic heterocycles. The monoisotopic (exact) mass is 402 g/mol. The highest BCUT2D eigenvalue weighted by Crippen LogP contribution is 2.38. The van der Waals surface area contributed by atoms with Crippen molar-refractivity contribution in [2.45, 2.75) is 84.5 Å². The van der Waals surface area contributed by atoms with Crippen LogP contribution in [0.2, 0.25) is 0 Å². The summed E-state index contributed by atoms with van der Waals surface area (Å²) in [6.07, 6.45) is 12.1. The van der Waals surface area contributed by atoms with E-state index in [2.05, 4.69) is 94.4 Å². The normalized spacial score (nSPS) is 24.2. The van der Waals surface area contributed by atoms with Crippen LogP contribution in [0.25, 0.3) is 0 Å². The van der Waals surface area contributed by atoms with Gasteiger partial charge in [-0.2, -0.15) is 0 Å². The molecule has 0 amide bonds. The Bertz CT molecular complexity index is 745. The highest BCUT2D eigenvalue weighted by molar-refractivity contribution is 5.27. The van der Waals surface area contributed by atoms with E-state index in [9.17, 15) is 0 Å². The SMILES string of the molecule is CC(C)C1=CC(c2ccccc2)CCC1.CC(C)C1CCC(c2ccccc2)CC1. The third kappa shape index (κ3) is 6.59. The molecule has 0 saturated heterocycles. The summed E-state index contributed by atoms with van der Waals surface area (Å²) in [7, 11) is 0. The largest absolute Gasteiger partial charge is 0.0775 e. The van der Waals surface area contributed by atoms with Crippen LogP contribution >= 0.6 is 0 Å². The summed E-state index contributed by atoms with van der Waals surface area (Å²) in [4.78, 5) is 0. The van der Waals surface area contributed by atoms with Crippen LogP contribution in [0.1, 0.15) is 95.6 Å². The quantitative estimate of drug-likeness (QED) is 0.447. The zero-order valence-electron chi connectivity index (χ0n) is 19.7. The summed E-state index contributed by atoms with van der Waals surface area (Å²) in [5.74, 6) is 4.07. The Kier molecular flexibility index (Phi) is 8.79. The lowest BCUT2D eigenvalue weighted by atomic mass is 9.75. The molecule has 1 atom stereocenters. The van der Waals surface area contributed by atoms with Crippen molar-refractivity contribution in [2.24, 2.45) is 17.8 Å². The smallest absolute Gasteiger partial charge is 0.00208 e. The molecule has 2 aromatic carbocycles. The van der Waals surface area contributed by atoms with Crippen molar-refractivity contribution in [3.63, 3.8) is 0 Å². The van der Waals surface area contributed by atoms with Crippen LogP contribution in [0.4, 0.5) is 0 Å². The molecule has 0 bridgehead atoms. The second-order valence-corrected chi connectivity index (χ2v) is 10.1. The molecule has 0 radical (unpaired) electrons. The average Bonchev–Trinajstić information content (AvgIpc) is 2.81. The molecule has 2 aromatic rings. The minimum Gasteiger partial charge on any atom is -0.0775 e. The number of benzene rings is 2. The van der Waals surface area contributed by atoms with E-state index in [1.54, 1.807) is 11.1 Å². The van der Waals surface area contributed by atoms with Gasteiger partial charge in [0.05, 0.1) is 0 Å². The van der Waals surface area contributed by atoms with E-state index >= 15 is 0 Å². The number of rotatable bonds is 4. The van der Waals surface area contributed by atoms with E-state index in [1.807, 2.05) is 0 Å². The number of hydrogen-bond donors (Lipinski definition) is 0. The van der Waals surface area contributed by atoms with Gasteiger partial charge < -0.3 is 0 Å². The van der Waals surface area contributed by atoms with Gasteiger partial charge in [-0.15, -0.1) is 0 Å². The van der Waals surface area contributed by atoms with E-state index in [-0.39, 0.29) is 0 Å². The highest BCUT2D eigenvalue weighted by atomic mass is 14.3. The maximum absolute atomic E-state index is 2.50. The summed E-state index contributed by atoms with van der Waals surface area (Å²) < 4.78 is 0. The Morgan fingerprint density at radius 1 is 0.667 bits per heavy atom. The molecule has 2 aliphatic carbocycles. The first kappa shape index (κ1) is 22.9. The Morgan fingerprint density at radius 2 is 1.23 bits per heavy atom. The maximum atomic E-state index is 2.50. The Morgan fingerprint density at radius 3 is 1.77 bits per heavy atom. The average molecular weight is 403 g/mol. The fourth-order valence-electron chi connectivity index (χ4n) is 5.24. The number of hydrogen-bond acceptors (Lipinski definition) is 0. The minimum absolute atomic E-state index is 0.664. The first-order valence-corrected chi connectivity index (χ1v) is 12.3. The molecule has 1 fully saturated rings. The summed E-state index contributed by atoms with van der Waals surface area (Å²) >= 11 is 0. The van der Waals surface area contributed by atoms with Gasteiger partial charge in [0, 0.05) is 5.92 Å². The van der Waals surface area contributed by atoms with Crippen molar-refractivity contribution in [2.75, 3.05) is 0 Å². The molecule has 1 saturated carbocycles. The molecular weight excluding hydrogens is 360 g/mol. The van der Waals surface area contributed by atoms with Crippen LogP contribution in [0.15, 0.2) is 72.3 Å². The Balaban J connectivity index is 0.000000171. The first-order valence-electron chi connectivity index (χ1n) is 12.3. The molecule has 0 spiro atoms. The van der Waals surface area contributed by atoms with Gasteiger partial charge in [0.2, 0.25) is 0 Å². The summed E-state index contributed by atoms with van der Waals surface area (Å²) in [5, 5.41) is 0. The second-order valence-electron chi connectivity index (χ2n) is 10.1. The van der Waals surface area contributed by atoms with Crippen LogP contribution < -0.4 is 0 Å². The van der Waals surface area contributed by atoms with Crippen molar-refractivity contribution >= 4 is 0 Å². The van der Waals surface area contributed by atoms with Crippen molar-refractivity contribution in [1.29, 1.82) is 0 Å². The van der Waals surface area contributed by atoms with E-state index in [1.165, 1.54) is 50.5 Å². The van der Waals surface area contributed by atoms with Gasteiger partial charge in [-0.05, 0) is 79.7 Å². The standard InChI is InChI=1S/C15H20.C15H22/c1-12(2)14-9-6-10-15(11-14)13-7-4-3-5-8-13;1-12(2)13-8-10-15(11-9-13)14-6-4-3-5-7-14/h3-5,7-8,11-12,15H,6,9-10H2,1-2H3;3-7,12-13,15H,8-11H2,1-2H3. The van der Waals surface area contributed by atoms with Crippen molar-refractivity contribution in [3.8, 4) is 0 Å². The first-order chi connectivity index (χ1) is 14.5. The summed E-state index contributed by atoms with van der Waals surface area (Å²) in [5.41, 5.74) is 4.69. The van der Waals surface area contributed by atoms with E-state index < -0.39 is 0 Å². The molecule has 2 aliphatic rings. The molecule has 0 heterocycles. The van der Waals surface area contributed by atoms with Crippen LogP contribution in [-0.4, -0.2) is 0 Å². The molecule has 0 aromatic heterocycles. The lowest BCUT2D eigenvalue weighted by Crippen LogP contribution is -2.17. The molecule has 1 unspecified atom stereocenters. The Hall–Kier alpha value is -1.82. The van der Waals surface area contributed by atoms with Gasteiger partial charge in [-0.3, -0.25) is 0 Å². The van der Waals surface area contributed by atoms with Gasteiger partial charge in [-0.25, -0.2) is 0 Å². The molecule has 30 heavy (non-hydrogen) atoms. The van der Waals surface area contributed by atoms with Crippen molar-refractivity contribution < 1.29 is 0 Å². The molecule has 4 rings (SSSR count). The predicted molar refractivity (Wildman–Crippen MR) is 132 cm³/mol. The predicted octanol–water partition coefficient (Wildman–Crippen LogP) is 9.15. The zero-order valence-corrected chi connectivity index (χ0v) is 19.7. The highest BCUT2D eigenvalue weighted by Gasteiger charge is 2.23. The van der Waals surface area contributed by atoms with E-state index in [0.717, 1.165) is 23.7 Å². The van der Waals surface area contributed by atoms with Crippen LogP contribution in [0.5, 0.6) is 0 Å². The second kappa shape index (κ2) is 11.5. The van der Waals surface area contributed by atoms with Crippen LogP contribution in [0, 0.1) is 17.8 Å². The van der Waals surface area contributed by atoms with Gasteiger partial charge in [0.15, 0.2) is 0 Å². The molecule has 0 nitrogen and oxygen atoms in total. The van der Waals surface area contributed by atoms with Gasteiger partial charge in [0.25, 0.3) is 0 Å². The maximum Gasteiger partial charge on any atom is 0.00208 e. The van der Waals surface area contributed by atoms with Crippen molar-refractivity contribution in [1.82, 2.24) is 0 Å². The van der Waals surface area contributed by atoms with E-state index in [0.29, 0.717) is 5.92 Å². The molecular formula is C30H42. The van der Waals surface area contributed by atoms with E-state index in [4.69, 9.17) is 0 Å². The topological polar surface area (TPSA) is 0 Å². The van der Waals surface area contributed by atoms with Crippen molar-refractivity contribution in [3.05, 3.63) is 83.4 Å². The van der Waals surface area contributed by atoms with Gasteiger partial charge in [0.1, 0.15) is 0 Å². The molecule has 0 N–H and O–H groups in total. The minimum atomic E-state index is 0.664. The summed E-state index contributed by atoms with van der Waals surface area (Å²) in [6, 6.07) is 21.9. The summed E-state index contributed by atoms with van der Waals surface area (Å²) in [6.45, 7) is 9.35. The van der Waals surface area contributed by atoms with Gasteiger partial charge >= 0.3 is 0 Å². The third-order valence-corrected chi connectivity index (χ3v) is 7.35. The lowest BCUT2D eigenvalue weighted by Gasteiger charge is -2.31. The fourth-order valence-corrected chi connectivity index (χ4v) is 5.24. The van der Waals surface area contributed by atoms with Crippen LogP contribution in [-0.2, 0) is 0 Å². The van der Waals surface area contributed by atoms with Crippen LogP contribution in [0.3, 0.4) is 0 Å². The molecule has 162 valence electrons. The zero-order chi connectivity index (χ0) is 21.3. The fraction of sp³-hybridized carbons (Fsp3) is 0.533. The number of allylic oxidation sites excluding steroid dienone is 2. The third-order valence-electron chi connectivity index (χ3n) is 7.35. The molecule has 0 heteroatoms. The lowest BCUT2D eigenvalue weighted by molar-refractivity contribution is 0.259.